The summed E-state index contributed by atoms with van der Waals surface area (Å²) in [4.78, 5) is 10.8. The average molecular weight is 181 g/mol. The standard InChI is InChI=1S/C3H8N3O4P/c1-3(2)9-11(7,8)10-6-5-4/h3H,1-2H3,(H,7,8). The number of hydrogen-bond donors (Lipinski definition) is 1. The SMILES string of the molecule is CC(C)OP(=O)(O)ON=[N+]=[N-]. The third-order valence-corrected chi connectivity index (χ3v) is 1.49. The second-order valence-electron chi connectivity index (χ2n) is 1.88. The van der Waals surface area contributed by atoms with Gasteiger partial charge in [-0.3, -0.25) is 9.42 Å². The first kappa shape index (κ1) is 10.3. The Morgan fingerprint density at radius 2 is 2.27 bits per heavy atom. The fourth-order valence-electron chi connectivity index (χ4n) is 0.348. The summed E-state index contributed by atoms with van der Waals surface area (Å²) in [5.74, 6) is 0. The molecule has 0 spiro atoms. The van der Waals surface area contributed by atoms with Crippen molar-refractivity contribution in [1.82, 2.24) is 0 Å². The van der Waals surface area contributed by atoms with Gasteiger partial charge in [-0.2, -0.15) is 0 Å². The zero-order chi connectivity index (χ0) is 8.91. The molecule has 0 bridgehead atoms. The van der Waals surface area contributed by atoms with Crippen molar-refractivity contribution in [3.05, 3.63) is 10.4 Å². The first-order valence-electron chi connectivity index (χ1n) is 2.72. The third-order valence-electron chi connectivity index (χ3n) is 0.520. The number of hydrogen-bond acceptors (Lipinski definition) is 4. The molecule has 0 aromatic carbocycles. The van der Waals surface area contributed by atoms with Crippen molar-refractivity contribution in [1.29, 1.82) is 0 Å². The summed E-state index contributed by atoms with van der Waals surface area (Å²) in [6, 6.07) is 0. The van der Waals surface area contributed by atoms with E-state index in [1.165, 1.54) is 0 Å². The molecular weight excluding hydrogens is 173 g/mol. The minimum Gasteiger partial charge on any atom is -0.336 e. The Bertz CT molecular complexity index is 211. The molecule has 0 heterocycles. The Hall–Kier alpha value is -0.740. The Kier molecular flexibility index (Phi) is 3.92. The number of azide groups is 1. The summed E-state index contributed by atoms with van der Waals surface area (Å²) in [5, 5.41) is 2.44. The molecule has 7 nitrogen and oxygen atoms in total. The van der Waals surface area contributed by atoms with E-state index in [1.54, 1.807) is 13.8 Å². The van der Waals surface area contributed by atoms with Crippen LogP contribution in [0.5, 0.6) is 0 Å². The van der Waals surface area contributed by atoms with Crippen molar-refractivity contribution >= 4 is 7.82 Å². The van der Waals surface area contributed by atoms with Gasteiger partial charge in [0.1, 0.15) is 5.28 Å². The van der Waals surface area contributed by atoms with Gasteiger partial charge >= 0.3 is 7.82 Å². The molecule has 11 heavy (non-hydrogen) atoms. The summed E-state index contributed by atoms with van der Waals surface area (Å²) < 4.78 is 18.8. The van der Waals surface area contributed by atoms with Crippen LogP contribution >= 0.6 is 7.82 Å². The van der Waals surface area contributed by atoms with Crippen LogP contribution in [0.25, 0.3) is 10.4 Å². The molecule has 0 saturated carbocycles. The highest BCUT2D eigenvalue weighted by Crippen LogP contribution is 2.44. The van der Waals surface area contributed by atoms with Gasteiger partial charge in [-0.15, -0.1) is 0 Å². The Balaban J connectivity index is 4.00. The van der Waals surface area contributed by atoms with E-state index < -0.39 is 13.9 Å². The topological polar surface area (TPSA) is 105 Å². The molecule has 0 radical (unpaired) electrons. The smallest absolute Gasteiger partial charge is 0.336 e. The maximum absolute atomic E-state index is 10.6. The van der Waals surface area contributed by atoms with Gasteiger partial charge in [0.25, 0.3) is 0 Å². The summed E-state index contributed by atoms with van der Waals surface area (Å²) >= 11 is 0. The molecule has 0 aliphatic rings. The average Bonchev–Trinajstić information content (AvgIpc) is 1.81. The normalized spacial score (nSPS) is 15.3. The molecule has 0 aliphatic carbocycles. The lowest BCUT2D eigenvalue weighted by molar-refractivity contribution is 0.122. The van der Waals surface area contributed by atoms with E-state index in [-0.39, 0.29) is 0 Å². The first-order valence-corrected chi connectivity index (χ1v) is 4.22. The van der Waals surface area contributed by atoms with E-state index in [2.05, 4.69) is 19.3 Å². The predicted molar refractivity (Wildman–Crippen MR) is 36.3 cm³/mol. The number of nitrogens with zero attached hydrogens (tertiary/aromatic N) is 3. The molecule has 0 saturated heterocycles. The van der Waals surface area contributed by atoms with E-state index in [0.717, 1.165) is 0 Å². The molecule has 1 unspecified atom stereocenters. The van der Waals surface area contributed by atoms with Crippen LogP contribution in [-0.4, -0.2) is 11.0 Å². The first-order chi connectivity index (χ1) is 4.98. The van der Waals surface area contributed by atoms with Crippen molar-refractivity contribution in [3.8, 4) is 0 Å². The molecule has 1 N–H and O–H groups in total. The van der Waals surface area contributed by atoms with E-state index >= 15 is 0 Å². The monoisotopic (exact) mass is 181 g/mol. The van der Waals surface area contributed by atoms with E-state index in [9.17, 15) is 4.57 Å². The van der Waals surface area contributed by atoms with Gasteiger partial charge in [-0.1, -0.05) is 0 Å². The van der Waals surface area contributed by atoms with Crippen molar-refractivity contribution in [2.75, 3.05) is 0 Å². The van der Waals surface area contributed by atoms with Crippen LogP contribution in [0.4, 0.5) is 0 Å². The van der Waals surface area contributed by atoms with Crippen molar-refractivity contribution in [2.45, 2.75) is 20.0 Å². The maximum atomic E-state index is 10.6. The molecule has 0 aliphatic heterocycles. The molecular formula is C3H8N3O4P. The predicted octanol–water partition coefficient (Wildman–Crippen LogP) is 1.75. The quantitative estimate of drug-likeness (QED) is 0.234. The highest BCUT2D eigenvalue weighted by molar-refractivity contribution is 7.47. The van der Waals surface area contributed by atoms with E-state index in [1.807, 2.05) is 0 Å². The van der Waals surface area contributed by atoms with Crippen LogP contribution < -0.4 is 0 Å². The summed E-state index contributed by atoms with van der Waals surface area (Å²) in [6.07, 6.45) is -0.472. The van der Waals surface area contributed by atoms with Gasteiger partial charge in [-0.05, 0) is 19.4 Å². The van der Waals surface area contributed by atoms with Crippen LogP contribution in [0.2, 0.25) is 0 Å². The summed E-state index contributed by atoms with van der Waals surface area (Å²) in [5.41, 5.74) is 7.71. The minimum absolute atomic E-state index is 0.472. The Morgan fingerprint density at radius 1 is 1.73 bits per heavy atom. The van der Waals surface area contributed by atoms with Gasteiger partial charge in [0, 0.05) is 4.91 Å². The van der Waals surface area contributed by atoms with Crippen LogP contribution in [0, 0.1) is 0 Å². The largest absolute Gasteiger partial charge is 0.533 e. The van der Waals surface area contributed by atoms with Gasteiger partial charge in [0.15, 0.2) is 0 Å². The number of rotatable bonds is 4. The Morgan fingerprint density at radius 3 is 2.64 bits per heavy atom. The van der Waals surface area contributed by atoms with Crippen molar-refractivity contribution in [2.24, 2.45) is 5.28 Å². The number of phosphoric acid groups is 1. The summed E-state index contributed by atoms with van der Waals surface area (Å²) in [7, 11) is -4.19. The highest BCUT2D eigenvalue weighted by Gasteiger charge is 2.22. The molecule has 64 valence electrons. The minimum atomic E-state index is -4.19. The van der Waals surface area contributed by atoms with Crippen LogP contribution in [-0.2, 0) is 13.7 Å². The second-order valence-corrected chi connectivity index (χ2v) is 3.19. The second kappa shape index (κ2) is 4.20. The van der Waals surface area contributed by atoms with Crippen molar-refractivity contribution < 1.29 is 18.6 Å². The fraction of sp³-hybridized carbons (Fsp3) is 1.00. The molecule has 0 aromatic heterocycles. The van der Waals surface area contributed by atoms with Crippen LogP contribution in [0.1, 0.15) is 13.8 Å². The number of phosphoric ester groups is 1. The zero-order valence-corrected chi connectivity index (χ0v) is 6.93. The molecule has 1 atom stereocenters. The molecule has 0 rings (SSSR count). The third kappa shape index (κ3) is 5.69. The van der Waals surface area contributed by atoms with Crippen LogP contribution in [0.3, 0.4) is 0 Å². The highest BCUT2D eigenvalue weighted by atomic mass is 31.2. The van der Waals surface area contributed by atoms with Gasteiger partial charge in [-0.25, -0.2) is 4.57 Å². The fourth-order valence-corrected chi connectivity index (χ4v) is 1.04. The van der Waals surface area contributed by atoms with E-state index in [0.29, 0.717) is 0 Å². The van der Waals surface area contributed by atoms with Gasteiger partial charge in [0.05, 0.1) is 6.10 Å². The van der Waals surface area contributed by atoms with Gasteiger partial charge < -0.3 is 4.62 Å². The molecule has 0 aromatic rings. The lowest BCUT2D eigenvalue weighted by atomic mass is 10.5. The van der Waals surface area contributed by atoms with Gasteiger partial charge in [0.2, 0.25) is 0 Å². The zero-order valence-electron chi connectivity index (χ0n) is 6.04. The van der Waals surface area contributed by atoms with Crippen molar-refractivity contribution in [3.63, 3.8) is 0 Å². The summed E-state index contributed by atoms with van der Waals surface area (Å²) in [6.45, 7) is 3.09. The van der Waals surface area contributed by atoms with E-state index in [4.69, 9.17) is 10.4 Å². The molecule has 8 heteroatoms. The molecule has 0 fully saturated rings. The Labute approximate surface area is 63.1 Å². The van der Waals surface area contributed by atoms with Crippen LogP contribution in [0.15, 0.2) is 5.28 Å². The lowest BCUT2D eigenvalue weighted by Crippen LogP contribution is -2.00. The lowest BCUT2D eigenvalue weighted by Gasteiger charge is -2.10. The maximum Gasteiger partial charge on any atom is 0.533 e. The molecule has 0 amide bonds.